The van der Waals surface area contributed by atoms with Gasteiger partial charge in [0.05, 0.1) is 10.7 Å². The molecule has 0 saturated carbocycles. The van der Waals surface area contributed by atoms with Gasteiger partial charge < -0.3 is 0 Å². The van der Waals surface area contributed by atoms with Crippen LogP contribution in [-0.4, -0.2) is 16.5 Å². The average Bonchev–Trinajstić information content (AvgIpc) is 2.27. The zero-order valence-electron chi connectivity index (χ0n) is 6.50. The fourth-order valence-corrected chi connectivity index (χ4v) is 2.35. The first kappa shape index (κ1) is 7.21. The Kier molecular flexibility index (Phi) is 1.67. The highest BCUT2D eigenvalue weighted by atomic mass is 32.1. The Labute approximate surface area is 69.8 Å². The van der Waals surface area contributed by atoms with Gasteiger partial charge in [0.2, 0.25) is 0 Å². The first-order chi connectivity index (χ1) is 5.25. The van der Waals surface area contributed by atoms with Gasteiger partial charge in [0.1, 0.15) is 0 Å². The summed E-state index contributed by atoms with van der Waals surface area (Å²) in [6.45, 7) is 3.86. The summed E-state index contributed by atoms with van der Waals surface area (Å²) in [5.41, 5.74) is 1.26. The molecule has 0 spiro atoms. The van der Waals surface area contributed by atoms with Crippen LogP contribution in [0.5, 0.6) is 0 Å². The van der Waals surface area contributed by atoms with Crippen LogP contribution in [0.2, 0.25) is 0 Å². The number of thiazole rings is 1. The molecule has 1 aliphatic heterocycles. The van der Waals surface area contributed by atoms with E-state index in [1.54, 1.807) is 11.3 Å². The Morgan fingerprint density at radius 3 is 3.27 bits per heavy atom. The summed E-state index contributed by atoms with van der Waals surface area (Å²) in [5, 5.41) is 3.00. The standard InChI is InChI=1S/C7H11N3S/c1-5-9-6-2-3-10(8)4-7(6)11-5/h2-4,8H2,1H3. The quantitative estimate of drug-likeness (QED) is 0.581. The van der Waals surface area contributed by atoms with Crippen LogP contribution >= 0.6 is 11.3 Å². The second kappa shape index (κ2) is 2.55. The Morgan fingerprint density at radius 1 is 1.64 bits per heavy atom. The van der Waals surface area contributed by atoms with Gasteiger partial charge in [-0.2, -0.15) is 0 Å². The van der Waals surface area contributed by atoms with E-state index < -0.39 is 0 Å². The third-order valence-corrected chi connectivity index (χ3v) is 2.87. The highest BCUT2D eigenvalue weighted by Crippen LogP contribution is 2.22. The number of rotatable bonds is 0. The maximum atomic E-state index is 5.67. The normalized spacial score (nSPS) is 18.4. The smallest absolute Gasteiger partial charge is 0.0900 e. The molecule has 2 heterocycles. The zero-order valence-corrected chi connectivity index (χ0v) is 7.32. The molecule has 2 rings (SSSR count). The van der Waals surface area contributed by atoms with Gasteiger partial charge in [-0.1, -0.05) is 0 Å². The summed E-state index contributed by atoms with van der Waals surface area (Å²) >= 11 is 1.76. The molecule has 0 fully saturated rings. The van der Waals surface area contributed by atoms with Crippen LogP contribution in [-0.2, 0) is 13.0 Å². The van der Waals surface area contributed by atoms with Gasteiger partial charge in [0.25, 0.3) is 0 Å². The van der Waals surface area contributed by atoms with E-state index in [0.717, 1.165) is 24.5 Å². The number of hydrogen-bond donors (Lipinski definition) is 1. The van der Waals surface area contributed by atoms with E-state index in [2.05, 4.69) is 4.98 Å². The summed E-state index contributed by atoms with van der Waals surface area (Å²) in [5.74, 6) is 5.67. The molecule has 0 unspecified atom stereocenters. The van der Waals surface area contributed by atoms with E-state index in [4.69, 9.17) is 5.84 Å². The minimum atomic E-state index is 0.876. The first-order valence-electron chi connectivity index (χ1n) is 3.70. The van der Waals surface area contributed by atoms with Crippen molar-refractivity contribution in [2.24, 2.45) is 5.84 Å². The Bertz CT molecular complexity index is 269. The van der Waals surface area contributed by atoms with E-state index >= 15 is 0 Å². The Morgan fingerprint density at radius 2 is 2.45 bits per heavy atom. The molecule has 3 nitrogen and oxygen atoms in total. The second-order valence-electron chi connectivity index (χ2n) is 2.82. The van der Waals surface area contributed by atoms with Gasteiger partial charge >= 0.3 is 0 Å². The minimum Gasteiger partial charge on any atom is -0.268 e. The third-order valence-electron chi connectivity index (χ3n) is 1.87. The van der Waals surface area contributed by atoms with Crippen LogP contribution in [0, 0.1) is 6.92 Å². The van der Waals surface area contributed by atoms with Gasteiger partial charge in [-0.15, -0.1) is 11.3 Å². The number of nitrogens with zero attached hydrogens (tertiary/aromatic N) is 2. The molecule has 11 heavy (non-hydrogen) atoms. The average molecular weight is 169 g/mol. The lowest BCUT2D eigenvalue weighted by Crippen LogP contribution is -2.35. The van der Waals surface area contributed by atoms with E-state index in [0.29, 0.717) is 0 Å². The third kappa shape index (κ3) is 1.29. The van der Waals surface area contributed by atoms with Crippen molar-refractivity contribution in [1.29, 1.82) is 0 Å². The maximum absolute atomic E-state index is 5.67. The van der Waals surface area contributed by atoms with Crippen molar-refractivity contribution in [1.82, 2.24) is 9.99 Å². The maximum Gasteiger partial charge on any atom is 0.0900 e. The molecule has 0 aromatic carbocycles. The number of nitrogens with two attached hydrogens (primary N) is 1. The van der Waals surface area contributed by atoms with Crippen molar-refractivity contribution >= 4 is 11.3 Å². The fraction of sp³-hybridized carbons (Fsp3) is 0.571. The Hall–Kier alpha value is -0.450. The van der Waals surface area contributed by atoms with Gasteiger partial charge in [-0.3, -0.25) is 5.84 Å². The summed E-state index contributed by atoms with van der Waals surface area (Å²) in [7, 11) is 0. The zero-order chi connectivity index (χ0) is 7.84. The molecule has 0 atom stereocenters. The van der Waals surface area contributed by atoms with E-state index in [1.807, 2.05) is 11.9 Å². The molecule has 0 amide bonds. The van der Waals surface area contributed by atoms with Crippen molar-refractivity contribution in [2.45, 2.75) is 19.9 Å². The molecule has 1 aromatic rings. The predicted octanol–water partition coefficient (Wildman–Crippen LogP) is 0.683. The van der Waals surface area contributed by atoms with Crippen molar-refractivity contribution in [3.63, 3.8) is 0 Å². The molecule has 0 bridgehead atoms. The SMILES string of the molecule is Cc1nc2c(s1)CN(N)CC2. The molecule has 1 aliphatic rings. The number of aromatic nitrogens is 1. The van der Waals surface area contributed by atoms with Crippen LogP contribution in [0.15, 0.2) is 0 Å². The van der Waals surface area contributed by atoms with Crippen molar-refractivity contribution in [2.75, 3.05) is 6.54 Å². The van der Waals surface area contributed by atoms with E-state index in [9.17, 15) is 0 Å². The van der Waals surface area contributed by atoms with Crippen molar-refractivity contribution < 1.29 is 0 Å². The molecular formula is C7H11N3S. The summed E-state index contributed by atoms with van der Waals surface area (Å²) in [6, 6.07) is 0. The van der Waals surface area contributed by atoms with Gasteiger partial charge in [0.15, 0.2) is 0 Å². The lowest BCUT2D eigenvalue weighted by Gasteiger charge is -2.19. The number of hydrazine groups is 1. The topological polar surface area (TPSA) is 42.2 Å². The lowest BCUT2D eigenvalue weighted by molar-refractivity contribution is 0.264. The molecule has 2 N–H and O–H groups in total. The van der Waals surface area contributed by atoms with Crippen LogP contribution in [0.4, 0.5) is 0 Å². The van der Waals surface area contributed by atoms with Crippen LogP contribution in [0.25, 0.3) is 0 Å². The molecule has 0 radical (unpaired) electrons. The molecule has 60 valence electrons. The molecule has 4 heteroatoms. The second-order valence-corrected chi connectivity index (χ2v) is 4.11. The lowest BCUT2D eigenvalue weighted by atomic mass is 10.2. The van der Waals surface area contributed by atoms with Gasteiger partial charge in [0, 0.05) is 24.4 Å². The first-order valence-corrected chi connectivity index (χ1v) is 4.52. The van der Waals surface area contributed by atoms with Crippen LogP contribution in [0.1, 0.15) is 15.6 Å². The van der Waals surface area contributed by atoms with Gasteiger partial charge in [-0.05, 0) is 6.92 Å². The van der Waals surface area contributed by atoms with E-state index in [1.165, 1.54) is 10.6 Å². The molecule has 1 aromatic heterocycles. The van der Waals surface area contributed by atoms with E-state index in [-0.39, 0.29) is 0 Å². The number of fused-ring (bicyclic) bond motifs is 1. The Balaban J connectivity index is 2.34. The molecule has 0 aliphatic carbocycles. The van der Waals surface area contributed by atoms with Crippen LogP contribution in [0.3, 0.4) is 0 Å². The summed E-state index contributed by atoms with van der Waals surface area (Å²) < 4.78 is 0. The largest absolute Gasteiger partial charge is 0.268 e. The predicted molar refractivity (Wildman–Crippen MR) is 45.2 cm³/mol. The van der Waals surface area contributed by atoms with Crippen molar-refractivity contribution in [3.8, 4) is 0 Å². The number of hydrogen-bond acceptors (Lipinski definition) is 4. The molecular weight excluding hydrogens is 158 g/mol. The highest BCUT2D eigenvalue weighted by Gasteiger charge is 2.16. The summed E-state index contributed by atoms with van der Waals surface area (Å²) in [6.07, 6.45) is 1.01. The minimum absolute atomic E-state index is 0.876. The summed E-state index contributed by atoms with van der Waals surface area (Å²) in [4.78, 5) is 5.77. The monoisotopic (exact) mass is 169 g/mol. The van der Waals surface area contributed by atoms with Crippen molar-refractivity contribution in [3.05, 3.63) is 15.6 Å². The fourth-order valence-electron chi connectivity index (χ4n) is 1.34. The van der Waals surface area contributed by atoms with Crippen LogP contribution < -0.4 is 5.84 Å². The highest BCUT2D eigenvalue weighted by molar-refractivity contribution is 7.11. The van der Waals surface area contributed by atoms with Gasteiger partial charge in [-0.25, -0.2) is 9.99 Å². The molecule has 0 saturated heterocycles. The number of aryl methyl sites for hydroxylation is 1.